The van der Waals surface area contributed by atoms with Crippen molar-refractivity contribution in [2.75, 3.05) is 14.2 Å². The molecule has 2 aliphatic carbocycles. The van der Waals surface area contributed by atoms with Gasteiger partial charge in [-0.2, -0.15) is 0 Å². The summed E-state index contributed by atoms with van der Waals surface area (Å²) in [6.45, 7) is 11.0. The first-order chi connectivity index (χ1) is 19.2. The fourth-order valence-corrected chi connectivity index (χ4v) is 7.63. The Labute approximate surface area is 243 Å². The van der Waals surface area contributed by atoms with E-state index in [1.54, 1.807) is 40.2 Å². The Morgan fingerprint density at radius 3 is 1.57 bits per heavy atom. The highest BCUT2D eigenvalue weighted by molar-refractivity contribution is 8.24. The van der Waals surface area contributed by atoms with Gasteiger partial charge in [-0.15, -0.1) is 0 Å². The fourth-order valence-electron chi connectivity index (χ4n) is 5.08. The largest absolute Gasteiger partial charge is 0.468 e. The van der Waals surface area contributed by atoms with Crippen LogP contribution in [0, 0.1) is 18.4 Å². The topological polar surface area (TPSA) is 102 Å². The van der Waals surface area contributed by atoms with E-state index < -0.39 is 12.1 Å². The standard InChI is InChI=1S/C29H35NO8S2/c1-16(2)36-28(33)23(30-3)29-39-24-21(37-26(31)17-6-10-19(34-4)11-7-17)14-15-22(25(24)40-29)38-27(32)18-8-12-20(35-5)13-9-18/h14-20H,6-13H2,1-2,4-5H3. The van der Waals surface area contributed by atoms with Gasteiger partial charge in [0.05, 0.1) is 50.7 Å². The Morgan fingerprint density at radius 1 is 0.800 bits per heavy atom. The lowest BCUT2D eigenvalue weighted by atomic mass is 9.87. The molecule has 1 aromatic carbocycles. The fraction of sp³-hybridized carbons (Fsp3) is 0.586. The van der Waals surface area contributed by atoms with Crippen molar-refractivity contribution in [3.8, 4) is 11.5 Å². The zero-order valence-electron chi connectivity index (χ0n) is 23.2. The van der Waals surface area contributed by atoms with Crippen molar-refractivity contribution < 1.29 is 38.1 Å². The molecule has 0 spiro atoms. The van der Waals surface area contributed by atoms with E-state index in [0.717, 1.165) is 49.2 Å². The van der Waals surface area contributed by atoms with Crippen molar-refractivity contribution in [1.29, 1.82) is 0 Å². The molecule has 0 bridgehead atoms. The molecule has 1 aromatic rings. The lowest BCUT2D eigenvalue weighted by Gasteiger charge is -2.26. The van der Waals surface area contributed by atoms with E-state index in [4.69, 9.17) is 30.3 Å². The first-order valence-corrected chi connectivity index (χ1v) is 15.2. The van der Waals surface area contributed by atoms with Crippen LogP contribution >= 0.6 is 23.5 Å². The number of methoxy groups -OCH3 is 2. The number of hydrogen-bond donors (Lipinski definition) is 0. The van der Waals surface area contributed by atoms with Gasteiger partial charge in [0.25, 0.3) is 5.70 Å². The molecule has 0 N–H and O–H groups in total. The van der Waals surface area contributed by atoms with E-state index in [2.05, 4.69) is 4.85 Å². The van der Waals surface area contributed by atoms with Gasteiger partial charge in [-0.05, 0) is 77.3 Å². The first kappa shape index (κ1) is 30.4. The van der Waals surface area contributed by atoms with Gasteiger partial charge in [0, 0.05) is 14.2 Å². The number of carbonyl (C=O) groups excluding carboxylic acids is 3. The summed E-state index contributed by atoms with van der Waals surface area (Å²) in [5.41, 5.74) is -0.162. The molecule has 4 rings (SSSR count). The number of carbonyl (C=O) groups is 3. The number of benzene rings is 1. The molecule has 2 fully saturated rings. The normalized spacial score (nSPS) is 24.1. The lowest BCUT2D eigenvalue weighted by molar-refractivity contribution is -0.142. The average Bonchev–Trinajstić information content (AvgIpc) is 3.40. The van der Waals surface area contributed by atoms with Crippen molar-refractivity contribution in [2.24, 2.45) is 11.8 Å². The molecule has 11 heteroatoms. The Balaban J connectivity index is 1.59. The van der Waals surface area contributed by atoms with E-state index in [1.807, 2.05) is 0 Å². The second-order valence-corrected chi connectivity index (χ2v) is 12.7. The van der Waals surface area contributed by atoms with Crippen LogP contribution in [-0.2, 0) is 28.6 Å². The first-order valence-electron chi connectivity index (χ1n) is 13.6. The van der Waals surface area contributed by atoms with Gasteiger partial charge in [-0.25, -0.2) is 4.85 Å². The summed E-state index contributed by atoms with van der Waals surface area (Å²) in [5, 5.41) is 0. The smallest absolute Gasteiger partial charge is 0.338 e. The van der Waals surface area contributed by atoms with Crippen LogP contribution in [0.4, 0.5) is 0 Å². The molecule has 0 saturated heterocycles. The lowest BCUT2D eigenvalue weighted by Crippen LogP contribution is -2.28. The molecule has 0 radical (unpaired) electrons. The van der Waals surface area contributed by atoms with E-state index in [-0.39, 0.29) is 41.7 Å². The molecule has 9 nitrogen and oxygen atoms in total. The second kappa shape index (κ2) is 13.9. The quantitative estimate of drug-likeness (QED) is 0.152. The molecule has 0 aromatic heterocycles. The van der Waals surface area contributed by atoms with Gasteiger partial charge in [-0.1, -0.05) is 23.5 Å². The Kier molecular flexibility index (Phi) is 10.6. The van der Waals surface area contributed by atoms with E-state index in [0.29, 0.717) is 51.2 Å². The van der Waals surface area contributed by atoms with Crippen LogP contribution in [0.3, 0.4) is 0 Å². The number of nitrogens with zero attached hydrogens (tertiary/aromatic N) is 1. The molecule has 40 heavy (non-hydrogen) atoms. The van der Waals surface area contributed by atoms with Crippen LogP contribution in [0.5, 0.6) is 11.5 Å². The summed E-state index contributed by atoms with van der Waals surface area (Å²) in [5.74, 6) is -1.25. The molecular formula is C29H35NO8S2. The van der Waals surface area contributed by atoms with Crippen LogP contribution in [0.1, 0.15) is 65.2 Å². The van der Waals surface area contributed by atoms with Crippen LogP contribution < -0.4 is 9.47 Å². The monoisotopic (exact) mass is 589 g/mol. The summed E-state index contributed by atoms with van der Waals surface area (Å²) >= 11 is 2.29. The van der Waals surface area contributed by atoms with Crippen molar-refractivity contribution in [2.45, 2.75) is 93.3 Å². The molecule has 0 atom stereocenters. The maximum absolute atomic E-state index is 13.1. The van der Waals surface area contributed by atoms with Gasteiger partial charge >= 0.3 is 17.9 Å². The molecule has 0 amide bonds. The van der Waals surface area contributed by atoms with E-state index in [1.165, 1.54) is 0 Å². The zero-order valence-corrected chi connectivity index (χ0v) is 24.9. The summed E-state index contributed by atoms with van der Waals surface area (Å²) in [4.78, 5) is 43.3. The van der Waals surface area contributed by atoms with Gasteiger partial charge in [0.1, 0.15) is 11.5 Å². The minimum Gasteiger partial charge on any atom is -0.468 e. The van der Waals surface area contributed by atoms with Gasteiger partial charge < -0.3 is 23.7 Å². The molecule has 1 aliphatic heterocycles. The third-order valence-electron chi connectivity index (χ3n) is 7.37. The Hall–Kier alpha value is -2.52. The third-order valence-corrected chi connectivity index (χ3v) is 9.98. The van der Waals surface area contributed by atoms with E-state index >= 15 is 0 Å². The Morgan fingerprint density at radius 2 is 1.23 bits per heavy atom. The third kappa shape index (κ3) is 7.21. The average molecular weight is 590 g/mol. The molecule has 1 heterocycles. The van der Waals surface area contributed by atoms with Crippen LogP contribution in [0.25, 0.3) is 4.85 Å². The summed E-state index contributed by atoms with van der Waals surface area (Å²) in [6.07, 6.45) is 5.79. The van der Waals surface area contributed by atoms with Crippen LogP contribution in [0.15, 0.2) is 31.9 Å². The zero-order chi connectivity index (χ0) is 28.8. The van der Waals surface area contributed by atoms with Crippen molar-refractivity contribution in [3.63, 3.8) is 0 Å². The summed E-state index contributed by atoms with van der Waals surface area (Å²) in [7, 11) is 3.36. The maximum atomic E-state index is 13.1. The SMILES string of the molecule is [C-]#[N+]C(C(=O)OC(C)C)=C1Sc2c(OC(=O)C3CCC(OC)CC3)ccc(OC(=O)C3CCC(OC)CC3)c2S1. The predicted molar refractivity (Wildman–Crippen MR) is 150 cm³/mol. The summed E-state index contributed by atoms with van der Waals surface area (Å²) < 4.78 is 28.2. The highest BCUT2D eigenvalue weighted by Gasteiger charge is 2.35. The van der Waals surface area contributed by atoms with Crippen molar-refractivity contribution in [3.05, 3.63) is 33.5 Å². The number of esters is 3. The van der Waals surface area contributed by atoms with E-state index in [9.17, 15) is 14.4 Å². The minimum atomic E-state index is -0.727. The predicted octanol–water partition coefficient (Wildman–Crippen LogP) is 6.15. The maximum Gasteiger partial charge on any atom is 0.338 e. The number of thioether (sulfide) groups is 2. The summed E-state index contributed by atoms with van der Waals surface area (Å²) in [6, 6.07) is 3.23. The van der Waals surface area contributed by atoms with Gasteiger partial charge in [0.15, 0.2) is 0 Å². The van der Waals surface area contributed by atoms with Gasteiger partial charge in [-0.3, -0.25) is 14.4 Å². The van der Waals surface area contributed by atoms with Crippen molar-refractivity contribution in [1.82, 2.24) is 0 Å². The number of fused-ring (bicyclic) bond motifs is 1. The molecule has 216 valence electrons. The Bertz CT molecular complexity index is 1120. The van der Waals surface area contributed by atoms with Crippen molar-refractivity contribution >= 4 is 41.4 Å². The highest BCUT2D eigenvalue weighted by atomic mass is 32.2. The van der Waals surface area contributed by atoms with Gasteiger partial charge in [0.2, 0.25) is 0 Å². The molecule has 0 unspecified atom stereocenters. The minimum absolute atomic E-state index is 0.157. The highest BCUT2D eigenvalue weighted by Crippen LogP contribution is 2.59. The number of hydrogen-bond acceptors (Lipinski definition) is 10. The molecule has 3 aliphatic rings. The number of rotatable bonds is 8. The molecule has 2 saturated carbocycles. The number of ether oxygens (including phenoxy) is 5. The van der Waals surface area contributed by atoms with Crippen LogP contribution in [-0.4, -0.2) is 50.4 Å². The second-order valence-electron chi connectivity index (χ2n) is 10.4. The van der Waals surface area contributed by atoms with Crippen LogP contribution in [0.2, 0.25) is 0 Å². The molecular weight excluding hydrogens is 554 g/mol.